The van der Waals surface area contributed by atoms with Crippen LogP contribution in [0.4, 0.5) is 0 Å². The van der Waals surface area contributed by atoms with Crippen LogP contribution in [0.3, 0.4) is 0 Å². The molecule has 1 fully saturated rings. The smallest absolute Gasteiger partial charge is 0.170 e. The van der Waals surface area contributed by atoms with Crippen LogP contribution in [0.5, 0.6) is 0 Å². The molecule has 0 amide bonds. The molecular formula is C19H16ClN3S2. The average Bonchev–Trinajstić information content (AvgIpc) is 3.20. The van der Waals surface area contributed by atoms with Gasteiger partial charge in [0.15, 0.2) is 5.11 Å². The lowest BCUT2D eigenvalue weighted by atomic mass is 10.0. The minimum absolute atomic E-state index is 0.00660. The van der Waals surface area contributed by atoms with Gasteiger partial charge in [-0.05, 0) is 42.0 Å². The van der Waals surface area contributed by atoms with Crippen LogP contribution in [0.1, 0.15) is 28.2 Å². The molecule has 0 spiro atoms. The average molecular weight is 386 g/mol. The van der Waals surface area contributed by atoms with Crippen molar-refractivity contribution in [1.82, 2.24) is 15.2 Å². The van der Waals surface area contributed by atoms with Gasteiger partial charge in [0, 0.05) is 17.6 Å². The zero-order valence-corrected chi connectivity index (χ0v) is 15.7. The zero-order valence-electron chi connectivity index (χ0n) is 13.3. The Balaban J connectivity index is 1.72. The minimum atomic E-state index is 0.00660. The van der Waals surface area contributed by atoms with E-state index in [0.717, 1.165) is 21.7 Å². The first-order valence-electron chi connectivity index (χ1n) is 7.99. The molecule has 1 aliphatic heterocycles. The monoisotopic (exact) mass is 385 g/mol. The van der Waals surface area contributed by atoms with Crippen molar-refractivity contribution in [2.45, 2.75) is 18.6 Å². The van der Waals surface area contributed by atoms with Crippen molar-refractivity contribution in [2.24, 2.45) is 0 Å². The lowest BCUT2D eigenvalue weighted by Crippen LogP contribution is -2.28. The second-order valence-electron chi connectivity index (χ2n) is 5.88. The summed E-state index contributed by atoms with van der Waals surface area (Å²) in [5.74, 6) is 0. The Labute approximate surface area is 161 Å². The van der Waals surface area contributed by atoms with Crippen LogP contribution in [-0.2, 0) is 6.54 Å². The minimum Gasteiger partial charge on any atom is -0.352 e. The molecule has 25 heavy (non-hydrogen) atoms. The molecule has 3 aromatic rings. The molecular weight excluding hydrogens is 370 g/mol. The van der Waals surface area contributed by atoms with E-state index < -0.39 is 0 Å². The fourth-order valence-corrected chi connectivity index (χ4v) is 4.67. The van der Waals surface area contributed by atoms with Gasteiger partial charge < -0.3 is 10.2 Å². The van der Waals surface area contributed by atoms with E-state index in [9.17, 15) is 0 Å². The van der Waals surface area contributed by atoms with Gasteiger partial charge in [0.1, 0.15) is 0 Å². The second-order valence-corrected chi connectivity index (χ2v) is 8.02. The summed E-state index contributed by atoms with van der Waals surface area (Å²) in [5, 5.41) is 4.20. The van der Waals surface area contributed by atoms with Crippen LogP contribution >= 0.6 is 35.2 Å². The SMILES string of the molecule is S=C1N[C@H](c2ccccn2)[C@@H](c2ccc(Cl)s2)N1Cc1ccccc1. The first kappa shape index (κ1) is 16.5. The lowest BCUT2D eigenvalue weighted by molar-refractivity contribution is 0.315. The Kier molecular flexibility index (Phi) is 4.70. The summed E-state index contributed by atoms with van der Waals surface area (Å²) >= 11 is 13.5. The van der Waals surface area contributed by atoms with Gasteiger partial charge in [0.25, 0.3) is 0 Å². The molecule has 1 aliphatic rings. The Hall–Kier alpha value is -1.95. The second kappa shape index (κ2) is 7.12. The molecule has 2 aromatic heterocycles. The summed E-state index contributed by atoms with van der Waals surface area (Å²) in [7, 11) is 0. The molecule has 4 rings (SSSR count). The molecule has 1 aromatic carbocycles. The Bertz CT molecular complexity index is 867. The fourth-order valence-electron chi connectivity index (χ4n) is 3.15. The number of rotatable bonds is 4. The lowest BCUT2D eigenvalue weighted by Gasteiger charge is -2.26. The topological polar surface area (TPSA) is 28.2 Å². The molecule has 3 heterocycles. The van der Waals surface area contributed by atoms with Gasteiger partial charge in [-0.2, -0.15) is 0 Å². The quantitative estimate of drug-likeness (QED) is 0.642. The van der Waals surface area contributed by atoms with Crippen molar-refractivity contribution in [3.05, 3.63) is 87.3 Å². The normalized spacial score (nSPS) is 19.9. The third-order valence-electron chi connectivity index (χ3n) is 4.28. The summed E-state index contributed by atoms with van der Waals surface area (Å²) in [5.41, 5.74) is 2.20. The summed E-state index contributed by atoms with van der Waals surface area (Å²) < 4.78 is 0.784. The van der Waals surface area contributed by atoms with E-state index in [1.807, 2.05) is 36.5 Å². The summed E-state index contributed by atoms with van der Waals surface area (Å²) in [6.07, 6.45) is 1.82. The highest BCUT2D eigenvalue weighted by atomic mass is 35.5. The van der Waals surface area contributed by atoms with Gasteiger partial charge in [-0.1, -0.05) is 48.0 Å². The maximum absolute atomic E-state index is 6.21. The van der Waals surface area contributed by atoms with Crippen LogP contribution in [0.15, 0.2) is 66.9 Å². The third kappa shape index (κ3) is 3.40. The maximum atomic E-state index is 6.21. The van der Waals surface area contributed by atoms with Crippen LogP contribution in [0.2, 0.25) is 4.34 Å². The highest BCUT2D eigenvalue weighted by Gasteiger charge is 2.40. The molecule has 0 bridgehead atoms. The van der Waals surface area contributed by atoms with Crippen molar-refractivity contribution < 1.29 is 0 Å². The predicted octanol–water partition coefficient (Wildman–Crippen LogP) is 4.97. The number of pyridine rings is 1. The molecule has 126 valence electrons. The summed E-state index contributed by atoms with van der Waals surface area (Å²) in [6, 6.07) is 20.4. The molecule has 1 N–H and O–H groups in total. The number of hydrogen-bond donors (Lipinski definition) is 1. The number of thiocarbonyl (C=S) groups is 1. The van der Waals surface area contributed by atoms with Crippen molar-refractivity contribution in [2.75, 3.05) is 0 Å². The van der Waals surface area contributed by atoms with Crippen molar-refractivity contribution in [1.29, 1.82) is 0 Å². The van der Waals surface area contributed by atoms with Crippen molar-refractivity contribution in [3.63, 3.8) is 0 Å². The maximum Gasteiger partial charge on any atom is 0.170 e. The van der Waals surface area contributed by atoms with E-state index in [2.05, 4.69) is 45.5 Å². The van der Waals surface area contributed by atoms with Gasteiger partial charge in [-0.3, -0.25) is 4.98 Å². The van der Waals surface area contributed by atoms with E-state index in [0.29, 0.717) is 0 Å². The number of nitrogens with zero attached hydrogens (tertiary/aromatic N) is 2. The number of nitrogens with one attached hydrogen (secondary N) is 1. The number of hydrogen-bond acceptors (Lipinski definition) is 3. The van der Waals surface area contributed by atoms with Gasteiger partial charge in [-0.15, -0.1) is 11.3 Å². The third-order valence-corrected chi connectivity index (χ3v) is 5.93. The van der Waals surface area contributed by atoms with Gasteiger partial charge in [-0.25, -0.2) is 0 Å². The standard InChI is InChI=1S/C19H16ClN3S2/c20-16-10-9-15(25-16)18-17(14-8-4-5-11-21-14)22-19(24)23(18)12-13-6-2-1-3-7-13/h1-11,17-18H,12H2,(H,22,24)/t17-,18-/m1/s1. The highest BCUT2D eigenvalue weighted by Crippen LogP contribution is 2.42. The highest BCUT2D eigenvalue weighted by molar-refractivity contribution is 7.80. The Morgan fingerprint density at radius 2 is 1.88 bits per heavy atom. The van der Waals surface area contributed by atoms with Gasteiger partial charge in [0.2, 0.25) is 0 Å². The molecule has 0 aliphatic carbocycles. The molecule has 0 radical (unpaired) electrons. The number of halogens is 1. The van der Waals surface area contributed by atoms with Crippen LogP contribution < -0.4 is 5.32 Å². The predicted molar refractivity (Wildman–Crippen MR) is 107 cm³/mol. The molecule has 1 saturated heterocycles. The van der Waals surface area contributed by atoms with E-state index in [1.165, 1.54) is 10.4 Å². The van der Waals surface area contributed by atoms with E-state index in [1.54, 1.807) is 11.3 Å². The fraction of sp³-hybridized carbons (Fsp3) is 0.158. The Morgan fingerprint density at radius 3 is 2.56 bits per heavy atom. The van der Waals surface area contributed by atoms with Crippen molar-refractivity contribution in [3.8, 4) is 0 Å². The molecule has 0 unspecified atom stereocenters. The number of thiophene rings is 1. The summed E-state index contributed by atoms with van der Waals surface area (Å²) in [4.78, 5) is 7.95. The summed E-state index contributed by atoms with van der Waals surface area (Å²) in [6.45, 7) is 0.746. The van der Waals surface area contributed by atoms with Gasteiger partial charge >= 0.3 is 0 Å². The zero-order chi connectivity index (χ0) is 17.2. The molecule has 0 saturated carbocycles. The Morgan fingerprint density at radius 1 is 1.08 bits per heavy atom. The van der Waals surface area contributed by atoms with Crippen LogP contribution in [0, 0.1) is 0 Å². The van der Waals surface area contributed by atoms with E-state index in [-0.39, 0.29) is 12.1 Å². The first-order valence-corrected chi connectivity index (χ1v) is 9.60. The van der Waals surface area contributed by atoms with Crippen LogP contribution in [0.25, 0.3) is 0 Å². The van der Waals surface area contributed by atoms with E-state index in [4.69, 9.17) is 23.8 Å². The van der Waals surface area contributed by atoms with Crippen molar-refractivity contribution >= 4 is 40.3 Å². The molecule has 3 nitrogen and oxygen atoms in total. The van der Waals surface area contributed by atoms with Gasteiger partial charge in [0.05, 0.1) is 22.1 Å². The molecule has 2 atom stereocenters. The number of benzene rings is 1. The number of aromatic nitrogens is 1. The van der Waals surface area contributed by atoms with Crippen LogP contribution in [-0.4, -0.2) is 15.0 Å². The first-order chi connectivity index (χ1) is 12.2. The largest absolute Gasteiger partial charge is 0.352 e. The van der Waals surface area contributed by atoms with E-state index >= 15 is 0 Å². The molecule has 6 heteroatoms.